The van der Waals surface area contributed by atoms with Crippen molar-refractivity contribution in [2.24, 2.45) is 0 Å². The molecule has 0 unspecified atom stereocenters. The van der Waals surface area contributed by atoms with Crippen LogP contribution >= 0.6 is 11.3 Å². The second-order valence-electron chi connectivity index (χ2n) is 4.23. The van der Waals surface area contributed by atoms with Crippen LogP contribution in [-0.2, 0) is 6.54 Å². The number of carboxylic acid groups (broad SMARTS) is 1. The monoisotopic (exact) mass is 307 g/mol. The smallest absolute Gasteiger partial charge is 0.337 e. The first kappa shape index (κ1) is 14.8. The van der Waals surface area contributed by atoms with Crippen LogP contribution in [0.25, 0.3) is 0 Å². The van der Waals surface area contributed by atoms with Crippen molar-refractivity contribution in [3.63, 3.8) is 0 Å². The van der Waals surface area contributed by atoms with Gasteiger partial charge in [0.05, 0.1) is 17.8 Å². The fourth-order valence-corrected chi connectivity index (χ4v) is 2.34. The Kier molecular flexibility index (Phi) is 4.39. The number of aromatic nitrogens is 1. The molecule has 0 bridgehead atoms. The lowest BCUT2D eigenvalue weighted by Crippen LogP contribution is -2.28. The van der Waals surface area contributed by atoms with Crippen LogP contribution in [0.3, 0.4) is 0 Å². The maximum atomic E-state index is 11.8. The summed E-state index contributed by atoms with van der Waals surface area (Å²) in [5.41, 5.74) is 0.798. The lowest BCUT2D eigenvalue weighted by atomic mass is 10.1. The van der Waals surface area contributed by atoms with Crippen molar-refractivity contribution in [3.05, 3.63) is 39.8 Å². The summed E-state index contributed by atoms with van der Waals surface area (Å²) >= 11 is 1.43. The number of carbonyl (C=O) groups is 2. The van der Waals surface area contributed by atoms with Crippen molar-refractivity contribution >= 4 is 29.0 Å². The first-order valence-corrected chi connectivity index (χ1v) is 6.86. The summed E-state index contributed by atoms with van der Waals surface area (Å²) < 4.78 is 0. The molecule has 0 saturated carbocycles. The number of hydrogen-bond donors (Lipinski definition) is 4. The molecule has 7 nitrogen and oxygen atoms in total. The molecular formula is C13H13N3O4S. The molecule has 2 rings (SSSR count). The summed E-state index contributed by atoms with van der Waals surface area (Å²) in [5.74, 6) is -1.42. The molecule has 1 aromatic carbocycles. The molecule has 110 valence electrons. The van der Waals surface area contributed by atoms with E-state index < -0.39 is 12.0 Å². The highest BCUT2D eigenvalue weighted by Gasteiger charge is 2.13. The number of aromatic carboxylic acids is 1. The van der Waals surface area contributed by atoms with E-state index in [0.717, 1.165) is 16.8 Å². The lowest BCUT2D eigenvalue weighted by Gasteiger charge is -2.09. The van der Waals surface area contributed by atoms with E-state index in [1.165, 1.54) is 23.5 Å². The highest BCUT2D eigenvalue weighted by Crippen LogP contribution is 2.21. The molecule has 1 aromatic heterocycles. The van der Waals surface area contributed by atoms with E-state index in [0.29, 0.717) is 0 Å². The number of hydrogen-bond acceptors (Lipinski definition) is 5. The number of benzene rings is 1. The van der Waals surface area contributed by atoms with Gasteiger partial charge < -0.3 is 20.8 Å². The number of nitrogens with one attached hydrogen (secondary N) is 2. The van der Waals surface area contributed by atoms with E-state index in [2.05, 4.69) is 15.6 Å². The molecule has 1 heterocycles. The Balaban J connectivity index is 2.01. The second kappa shape index (κ2) is 6.23. The Morgan fingerprint density at radius 2 is 2.14 bits per heavy atom. The van der Waals surface area contributed by atoms with Gasteiger partial charge in [-0.2, -0.15) is 0 Å². The Bertz CT molecular complexity index is 684. The van der Waals surface area contributed by atoms with E-state index in [1.807, 2.05) is 12.3 Å². The Morgan fingerprint density at radius 1 is 1.38 bits per heavy atom. The average Bonchev–Trinajstić information content (AvgIpc) is 2.84. The number of anilines is 1. The molecule has 0 fully saturated rings. The third-order valence-corrected chi connectivity index (χ3v) is 3.52. The predicted molar refractivity (Wildman–Crippen MR) is 77.8 cm³/mol. The average molecular weight is 307 g/mol. The van der Waals surface area contributed by atoms with Gasteiger partial charge in [0.15, 0.2) is 0 Å². The summed E-state index contributed by atoms with van der Waals surface area (Å²) in [4.78, 5) is 27.0. The fourth-order valence-electron chi connectivity index (χ4n) is 1.62. The zero-order chi connectivity index (χ0) is 15.4. The van der Waals surface area contributed by atoms with Gasteiger partial charge in [0, 0.05) is 11.1 Å². The predicted octanol–water partition coefficient (Wildman–Crippen LogP) is 2.18. The number of nitrogens with zero attached hydrogens (tertiary/aromatic N) is 1. The Morgan fingerprint density at radius 3 is 2.76 bits per heavy atom. The minimum Gasteiger partial charge on any atom is -0.508 e. The first-order valence-electron chi connectivity index (χ1n) is 5.98. The van der Waals surface area contributed by atoms with Crippen LogP contribution in [0.5, 0.6) is 5.75 Å². The van der Waals surface area contributed by atoms with Crippen molar-refractivity contribution in [2.45, 2.75) is 13.5 Å². The Labute approximate surface area is 124 Å². The molecule has 4 N–H and O–H groups in total. The van der Waals surface area contributed by atoms with Crippen molar-refractivity contribution in [1.82, 2.24) is 10.3 Å². The van der Waals surface area contributed by atoms with Crippen molar-refractivity contribution in [2.75, 3.05) is 5.32 Å². The number of thiazole rings is 1. The Hall–Kier alpha value is -2.61. The van der Waals surface area contributed by atoms with E-state index in [4.69, 9.17) is 5.11 Å². The summed E-state index contributed by atoms with van der Waals surface area (Å²) in [7, 11) is 0. The zero-order valence-electron chi connectivity index (χ0n) is 11.1. The van der Waals surface area contributed by atoms with E-state index in [9.17, 15) is 14.7 Å². The van der Waals surface area contributed by atoms with Gasteiger partial charge in [-0.05, 0) is 25.1 Å². The van der Waals surface area contributed by atoms with Gasteiger partial charge in [0.25, 0.3) is 0 Å². The van der Waals surface area contributed by atoms with Crippen molar-refractivity contribution in [3.8, 4) is 5.75 Å². The van der Waals surface area contributed by atoms with Gasteiger partial charge in [-0.1, -0.05) is 0 Å². The standard InChI is InChI=1S/C13H13N3O4S/c1-7-6-21-11(15-7)5-14-13(20)16-10-3-2-8(17)4-9(10)12(18)19/h2-4,6,17H,5H2,1H3,(H,18,19)(H2,14,16,20). The summed E-state index contributed by atoms with van der Waals surface area (Å²) in [6, 6.07) is 3.15. The maximum Gasteiger partial charge on any atom is 0.337 e. The first-order chi connectivity index (χ1) is 9.95. The number of carboxylic acids is 1. The van der Waals surface area contributed by atoms with E-state index >= 15 is 0 Å². The van der Waals surface area contributed by atoms with E-state index in [1.54, 1.807) is 0 Å². The van der Waals surface area contributed by atoms with Crippen LogP contribution in [0, 0.1) is 6.92 Å². The van der Waals surface area contributed by atoms with Crippen LogP contribution < -0.4 is 10.6 Å². The molecule has 0 aliphatic heterocycles. The molecule has 0 atom stereocenters. The normalized spacial score (nSPS) is 10.1. The summed E-state index contributed by atoms with van der Waals surface area (Å²) in [5, 5.41) is 25.9. The van der Waals surface area contributed by atoms with Gasteiger partial charge in [0.2, 0.25) is 0 Å². The van der Waals surface area contributed by atoms with Crippen LogP contribution in [0.1, 0.15) is 21.1 Å². The number of urea groups is 1. The van der Waals surface area contributed by atoms with Crippen molar-refractivity contribution in [1.29, 1.82) is 0 Å². The maximum absolute atomic E-state index is 11.8. The number of phenols is 1. The quantitative estimate of drug-likeness (QED) is 0.647. The molecule has 0 aliphatic carbocycles. The molecule has 2 aromatic rings. The molecular weight excluding hydrogens is 294 g/mol. The number of amides is 2. The highest BCUT2D eigenvalue weighted by atomic mass is 32.1. The molecule has 0 aliphatic rings. The third kappa shape index (κ3) is 3.93. The molecule has 0 saturated heterocycles. The van der Waals surface area contributed by atoms with Gasteiger partial charge >= 0.3 is 12.0 Å². The summed E-state index contributed by atoms with van der Waals surface area (Å²) in [6.45, 7) is 2.11. The topological polar surface area (TPSA) is 112 Å². The number of carbonyl (C=O) groups excluding carboxylic acids is 1. The van der Waals surface area contributed by atoms with Crippen LogP contribution in [0.2, 0.25) is 0 Å². The van der Waals surface area contributed by atoms with Crippen molar-refractivity contribution < 1.29 is 19.8 Å². The lowest BCUT2D eigenvalue weighted by molar-refractivity contribution is 0.0697. The SMILES string of the molecule is Cc1csc(CNC(=O)Nc2ccc(O)cc2C(=O)O)n1. The number of aromatic hydroxyl groups is 1. The van der Waals surface area contributed by atoms with Gasteiger partial charge in [-0.15, -0.1) is 11.3 Å². The minimum absolute atomic E-state index is 0.105. The van der Waals surface area contributed by atoms with Crippen LogP contribution in [0.4, 0.5) is 10.5 Å². The second-order valence-corrected chi connectivity index (χ2v) is 5.17. The number of rotatable bonds is 4. The fraction of sp³-hybridized carbons (Fsp3) is 0.154. The van der Waals surface area contributed by atoms with Gasteiger partial charge in [-0.3, -0.25) is 0 Å². The summed E-state index contributed by atoms with van der Waals surface area (Å²) in [6.07, 6.45) is 0. The van der Waals surface area contributed by atoms with Gasteiger partial charge in [-0.25, -0.2) is 14.6 Å². The van der Waals surface area contributed by atoms with Crippen LogP contribution in [0.15, 0.2) is 23.6 Å². The molecule has 21 heavy (non-hydrogen) atoms. The van der Waals surface area contributed by atoms with Gasteiger partial charge in [0.1, 0.15) is 10.8 Å². The molecule has 0 radical (unpaired) electrons. The molecule has 0 spiro atoms. The number of phenolic OH excluding ortho intramolecular Hbond substituents is 1. The van der Waals surface area contributed by atoms with Crippen LogP contribution in [-0.4, -0.2) is 27.2 Å². The molecule has 8 heteroatoms. The highest BCUT2D eigenvalue weighted by molar-refractivity contribution is 7.09. The third-order valence-electron chi connectivity index (χ3n) is 2.55. The minimum atomic E-state index is -1.24. The number of aryl methyl sites for hydroxylation is 1. The molecule has 2 amide bonds. The van der Waals surface area contributed by atoms with E-state index in [-0.39, 0.29) is 23.5 Å². The largest absolute Gasteiger partial charge is 0.508 e. The zero-order valence-corrected chi connectivity index (χ0v) is 11.9.